The lowest BCUT2D eigenvalue weighted by Gasteiger charge is -2.16. The second-order valence-corrected chi connectivity index (χ2v) is 9.93. The summed E-state index contributed by atoms with van der Waals surface area (Å²) in [6.45, 7) is 9.83. The molecule has 0 aliphatic carbocycles. The molecular formula is C22H24N4O3S. The van der Waals surface area contributed by atoms with Crippen molar-refractivity contribution < 1.29 is 14.1 Å². The van der Waals surface area contributed by atoms with E-state index in [2.05, 4.69) is 15.0 Å². The topological polar surface area (TPSA) is 80.7 Å². The second-order valence-electron chi connectivity index (χ2n) is 7.75. The number of likely N-dealkylation sites (tertiary alicyclic amines) is 1. The summed E-state index contributed by atoms with van der Waals surface area (Å²) >= 11 is 0. The summed E-state index contributed by atoms with van der Waals surface area (Å²) < 4.78 is 5.18. The number of ketones is 1. The summed E-state index contributed by atoms with van der Waals surface area (Å²) in [6, 6.07) is 9.73. The molecule has 2 aromatic rings. The van der Waals surface area contributed by atoms with Crippen LogP contribution < -0.4 is 0 Å². The number of hydrogen-bond donors (Lipinski definition) is 0. The number of Topliss-reactive ketones (excluding diaryl/α,β-unsaturated/α-hetero) is 1. The van der Waals surface area contributed by atoms with Gasteiger partial charge in [0.1, 0.15) is 6.54 Å². The van der Waals surface area contributed by atoms with Gasteiger partial charge in [-0.15, -0.1) is 0 Å². The van der Waals surface area contributed by atoms with Crippen LogP contribution in [0, 0.1) is 25.3 Å². The van der Waals surface area contributed by atoms with Crippen LogP contribution in [0.25, 0.3) is 4.85 Å². The quantitative estimate of drug-likeness (QED) is 0.526. The number of nitrogens with zero attached hydrogens (tertiary/aromatic N) is 4. The van der Waals surface area contributed by atoms with Crippen molar-refractivity contribution in [2.75, 3.05) is 18.1 Å². The van der Waals surface area contributed by atoms with Crippen LogP contribution >= 0.6 is 10.5 Å². The van der Waals surface area contributed by atoms with Gasteiger partial charge >= 0.3 is 0 Å². The number of aromatic nitrogens is 2. The molecule has 0 bridgehead atoms. The molecule has 0 N–H and O–H groups in total. The fraction of sp³-hybridized carbons (Fsp3) is 0.455. The Bertz CT molecular complexity index is 1020. The van der Waals surface area contributed by atoms with Crippen LogP contribution in [0.4, 0.5) is 0 Å². The van der Waals surface area contributed by atoms with E-state index in [1.807, 2.05) is 30.3 Å². The summed E-state index contributed by atoms with van der Waals surface area (Å²) in [4.78, 5) is 36.5. The van der Waals surface area contributed by atoms with Gasteiger partial charge in [0.25, 0.3) is 4.99 Å². The predicted molar refractivity (Wildman–Crippen MR) is 115 cm³/mol. The fourth-order valence-electron chi connectivity index (χ4n) is 4.20. The smallest absolute Gasteiger partial charge is 0.255 e. The van der Waals surface area contributed by atoms with Crippen molar-refractivity contribution in [1.82, 2.24) is 15.0 Å². The zero-order chi connectivity index (χ0) is 21.1. The Balaban J connectivity index is 1.62. The molecule has 0 unspecified atom stereocenters. The third-order valence-corrected chi connectivity index (χ3v) is 8.08. The average molecular weight is 425 g/mol. The molecule has 7 nitrogen and oxygen atoms in total. The van der Waals surface area contributed by atoms with E-state index >= 15 is 0 Å². The molecule has 0 saturated carbocycles. The molecular weight excluding hydrogens is 400 g/mol. The Morgan fingerprint density at radius 1 is 1.30 bits per heavy atom. The van der Waals surface area contributed by atoms with Crippen LogP contribution in [0.15, 0.2) is 34.9 Å². The first-order valence-corrected chi connectivity index (χ1v) is 11.7. The maximum Gasteiger partial charge on any atom is 0.255 e. The second kappa shape index (κ2) is 8.92. The molecule has 4 rings (SSSR count). The van der Waals surface area contributed by atoms with Crippen LogP contribution in [0.5, 0.6) is 0 Å². The van der Waals surface area contributed by atoms with Gasteiger partial charge in [-0.3, -0.25) is 4.79 Å². The first-order chi connectivity index (χ1) is 14.6. The van der Waals surface area contributed by atoms with Gasteiger partial charge in [0.2, 0.25) is 11.8 Å². The molecule has 156 valence electrons. The molecule has 2 atom stereocenters. The standard InChI is InChI=1S/C22H24N4O3S/c1-15-24-19(29-25-15)14-26-13-18(20(27)21(23-2)30-10-6-7-11-30)17(22(26)28)12-16-8-4-3-5-9-16/h3-5,8-9,17-18H,6-7,10-14H2,1H3/t17-,18+/m1/s1. The molecule has 2 aliphatic heterocycles. The van der Waals surface area contributed by atoms with E-state index < -0.39 is 11.8 Å². The summed E-state index contributed by atoms with van der Waals surface area (Å²) in [5.74, 6) is 1.47. The first kappa shape index (κ1) is 20.5. The minimum absolute atomic E-state index is 0.0906. The van der Waals surface area contributed by atoms with E-state index in [0.29, 0.717) is 23.1 Å². The van der Waals surface area contributed by atoms with Gasteiger partial charge in [0.05, 0.1) is 12.5 Å². The highest BCUT2D eigenvalue weighted by Crippen LogP contribution is 2.34. The molecule has 30 heavy (non-hydrogen) atoms. The van der Waals surface area contributed by atoms with Crippen molar-refractivity contribution in [3.63, 3.8) is 0 Å². The molecule has 1 amide bonds. The van der Waals surface area contributed by atoms with Crippen LogP contribution in [0.2, 0.25) is 0 Å². The Hall–Kier alpha value is -2.79. The van der Waals surface area contributed by atoms with Gasteiger partial charge in [-0.25, -0.2) is 4.85 Å². The molecule has 0 radical (unpaired) electrons. The van der Waals surface area contributed by atoms with Gasteiger partial charge in [-0.1, -0.05) is 35.5 Å². The third kappa shape index (κ3) is 4.21. The molecule has 8 heteroatoms. The first-order valence-electron chi connectivity index (χ1n) is 10.1. The predicted octanol–water partition coefficient (Wildman–Crippen LogP) is 2.88. The summed E-state index contributed by atoms with van der Waals surface area (Å²) in [5, 5.41) is 3.78. The maximum absolute atomic E-state index is 13.4. The van der Waals surface area contributed by atoms with Gasteiger partial charge in [0, 0.05) is 12.5 Å². The Labute approximate surface area is 178 Å². The SMILES string of the molecule is [C-]#[N+]C(C(=O)[C@H]1CN(Cc2nc(C)no2)C(=O)[C@@H]1Cc1ccccc1)=S1CCCC1. The highest BCUT2D eigenvalue weighted by atomic mass is 32.2. The molecule has 0 spiro atoms. The number of aryl methyl sites for hydroxylation is 1. The number of hydrogen-bond acceptors (Lipinski definition) is 5. The minimum atomic E-state index is -0.515. The molecule has 3 heterocycles. The highest BCUT2D eigenvalue weighted by molar-refractivity contribution is 8.17. The van der Waals surface area contributed by atoms with E-state index in [4.69, 9.17) is 11.1 Å². The van der Waals surface area contributed by atoms with Gasteiger partial charge in [-0.2, -0.15) is 15.5 Å². The van der Waals surface area contributed by atoms with Crippen molar-refractivity contribution >= 4 is 27.2 Å². The van der Waals surface area contributed by atoms with Gasteiger partial charge in [-0.05, 0) is 43.3 Å². The lowest BCUT2D eigenvalue weighted by molar-refractivity contribution is -0.132. The van der Waals surface area contributed by atoms with Crippen molar-refractivity contribution in [1.29, 1.82) is 0 Å². The Kier molecular flexibility index (Phi) is 6.09. The minimum Gasteiger partial charge on any atom is -0.337 e. The van der Waals surface area contributed by atoms with E-state index in [1.165, 1.54) is 0 Å². The fourth-order valence-corrected chi connectivity index (χ4v) is 6.46. The van der Waals surface area contributed by atoms with Crippen molar-refractivity contribution in [2.45, 2.75) is 32.7 Å². The van der Waals surface area contributed by atoms with Crippen LogP contribution in [-0.2, 0) is 22.6 Å². The zero-order valence-corrected chi connectivity index (χ0v) is 17.7. The third-order valence-electron chi connectivity index (χ3n) is 5.68. The summed E-state index contributed by atoms with van der Waals surface area (Å²) in [5.41, 5.74) is 1.01. The Morgan fingerprint density at radius 3 is 2.67 bits per heavy atom. The highest BCUT2D eigenvalue weighted by Gasteiger charge is 2.45. The van der Waals surface area contributed by atoms with Crippen LogP contribution in [0.3, 0.4) is 0 Å². The van der Waals surface area contributed by atoms with Gasteiger partial charge < -0.3 is 14.2 Å². The normalized spacial score (nSPS) is 21.7. The molecule has 2 saturated heterocycles. The molecule has 1 aromatic heterocycles. The Morgan fingerprint density at radius 2 is 2.03 bits per heavy atom. The summed E-state index contributed by atoms with van der Waals surface area (Å²) in [7, 11) is -0.267. The molecule has 2 fully saturated rings. The number of benzene rings is 1. The van der Waals surface area contributed by atoms with Crippen molar-refractivity contribution in [3.8, 4) is 0 Å². The monoisotopic (exact) mass is 424 g/mol. The number of carbonyl (C=O) groups is 2. The molecule has 2 aliphatic rings. The molecule has 1 aromatic carbocycles. The zero-order valence-electron chi connectivity index (χ0n) is 16.9. The van der Waals surface area contributed by atoms with E-state index in [0.717, 1.165) is 29.9 Å². The van der Waals surface area contributed by atoms with E-state index in [-0.39, 0.29) is 35.3 Å². The lowest BCUT2D eigenvalue weighted by Crippen LogP contribution is -2.30. The van der Waals surface area contributed by atoms with Crippen molar-refractivity contribution in [3.05, 3.63) is 59.0 Å². The number of carbonyl (C=O) groups excluding carboxylic acids is 2. The van der Waals surface area contributed by atoms with Crippen LogP contribution in [-0.4, -0.2) is 49.8 Å². The maximum atomic E-state index is 13.4. The average Bonchev–Trinajstić information content (AvgIpc) is 3.48. The number of rotatable bonds is 6. The van der Waals surface area contributed by atoms with Gasteiger partial charge in [0.15, 0.2) is 11.6 Å². The van der Waals surface area contributed by atoms with E-state index in [1.54, 1.807) is 11.8 Å². The largest absolute Gasteiger partial charge is 0.337 e. The summed E-state index contributed by atoms with van der Waals surface area (Å²) in [6.07, 6.45) is 2.61. The van der Waals surface area contributed by atoms with Crippen molar-refractivity contribution in [2.24, 2.45) is 11.8 Å². The van der Waals surface area contributed by atoms with Crippen LogP contribution in [0.1, 0.15) is 30.1 Å². The lowest BCUT2D eigenvalue weighted by atomic mass is 9.86. The number of amides is 1. The van der Waals surface area contributed by atoms with E-state index in [9.17, 15) is 9.59 Å².